The van der Waals surface area contributed by atoms with Crippen molar-refractivity contribution in [2.24, 2.45) is 5.41 Å². The van der Waals surface area contributed by atoms with E-state index in [-0.39, 0.29) is 19.0 Å². The van der Waals surface area contributed by atoms with Crippen LogP contribution in [0.4, 0.5) is 24.7 Å². The smallest absolute Gasteiger partial charge is 0.398 e. The Labute approximate surface area is 304 Å². The molecular weight excluding hydrogens is 685 g/mol. The molecule has 53 heavy (non-hydrogen) atoms. The standard InChI is InChI=1S/C39H39F3N8O3/c1-25-11-12-28(47(3)34-15-17-43-37(44-34)53-5)19-30(25)32-22-49(46-45-32)24-38(39(40,41)42)16-18-48(23-38)36(51)35-26(2)50(21-27-9-7-6-8-10-27)33-14-13-29(52-4)20-31(33)35/h6-15,17,19-20,22H,16,18,21,23-24H2,1-5H3. The van der Waals surface area contributed by atoms with E-state index >= 15 is 13.2 Å². The molecule has 3 aromatic carbocycles. The fourth-order valence-electron chi connectivity index (χ4n) is 7.13. The molecule has 0 radical (unpaired) electrons. The molecule has 1 atom stereocenters. The highest BCUT2D eigenvalue weighted by atomic mass is 19.4. The topological polar surface area (TPSA) is 103 Å². The molecular formula is C39H39F3N8O3. The Hall–Kier alpha value is -5.92. The summed E-state index contributed by atoms with van der Waals surface area (Å²) in [6.07, 6.45) is -1.77. The molecule has 0 saturated carbocycles. The van der Waals surface area contributed by atoms with Crippen molar-refractivity contribution >= 4 is 28.3 Å². The highest BCUT2D eigenvalue weighted by Crippen LogP contribution is 2.47. The van der Waals surface area contributed by atoms with Crippen LogP contribution in [0.5, 0.6) is 11.8 Å². The van der Waals surface area contributed by atoms with Gasteiger partial charge in [0.1, 0.15) is 22.7 Å². The normalized spacial score (nSPS) is 16.0. The molecule has 0 bridgehead atoms. The minimum Gasteiger partial charge on any atom is -0.497 e. The molecule has 1 fully saturated rings. The van der Waals surface area contributed by atoms with Crippen molar-refractivity contribution in [1.82, 2.24) is 34.4 Å². The summed E-state index contributed by atoms with van der Waals surface area (Å²) in [5.41, 5.74) is 3.44. The first-order valence-electron chi connectivity index (χ1n) is 17.1. The van der Waals surface area contributed by atoms with Crippen LogP contribution in [0.15, 0.2) is 85.2 Å². The quantitative estimate of drug-likeness (QED) is 0.146. The largest absolute Gasteiger partial charge is 0.497 e. The summed E-state index contributed by atoms with van der Waals surface area (Å²) in [6, 6.07) is 23.0. The zero-order chi connectivity index (χ0) is 37.5. The van der Waals surface area contributed by atoms with Crippen LogP contribution in [0.1, 0.15) is 33.6 Å². The number of benzene rings is 3. The maximum Gasteiger partial charge on any atom is 0.398 e. The Bertz CT molecular complexity index is 2290. The molecule has 3 aromatic heterocycles. The third-order valence-electron chi connectivity index (χ3n) is 10.2. The van der Waals surface area contributed by atoms with Crippen LogP contribution in [0, 0.1) is 19.3 Å². The molecule has 1 amide bonds. The third-order valence-corrected chi connectivity index (χ3v) is 10.2. The van der Waals surface area contributed by atoms with Gasteiger partial charge in [-0.1, -0.05) is 41.6 Å². The first-order chi connectivity index (χ1) is 25.4. The molecule has 1 saturated heterocycles. The number of rotatable bonds is 10. The van der Waals surface area contributed by atoms with Crippen LogP contribution in [0.25, 0.3) is 22.2 Å². The average Bonchev–Trinajstić information content (AvgIpc) is 3.88. The summed E-state index contributed by atoms with van der Waals surface area (Å²) >= 11 is 0. The lowest BCUT2D eigenvalue weighted by Crippen LogP contribution is -2.45. The van der Waals surface area contributed by atoms with Gasteiger partial charge in [-0.05, 0) is 67.8 Å². The number of ether oxygens (including phenoxy) is 2. The average molecular weight is 725 g/mol. The summed E-state index contributed by atoms with van der Waals surface area (Å²) < 4.78 is 59.3. The summed E-state index contributed by atoms with van der Waals surface area (Å²) in [5.74, 6) is 0.701. The van der Waals surface area contributed by atoms with Gasteiger partial charge in [-0.3, -0.25) is 9.48 Å². The number of hydrogen-bond acceptors (Lipinski definition) is 8. The zero-order valence-electron chi connectivity index (χ0n) is 30.1. The Morgan fingerprint density at radius 3 is 2.53 bits per heavy atom. The molecule has 7 rings (SSSR count). The van der Waals surface area contributed by atoms with E-state index in [1.165, 1.54) is 22.9 Å². The van der Waals surface area contributed by atoms with Crippen molar-refractivity contribution in [1.29, 1.82) is 0 Å². The molecule has 14 heteroatoms. The van der Waals surface area contributed by atoms with Gasteiger partial charge >= 0.3 is 12.2 Å². The number of nitrogens with zero attached hydrogens (tertiary/aromatic N) is 8. The van der Waals surface area contributed by atoms with E-state index in [1.54, 1.807) is 25.4 Å². The summed E-state index contributed by atoms with van der Waals surface area (Å²) in [7, 11) is 4.87. The van der Waals surface area contributed by atoms with E-state index in [0.29, 0.717) is 46.0 Å². The molecule has 274 valence electrons. The lowest BCUT2D eigenvalue weighted by molar-refractivity contribution is -0.224. The summed E-state index contributed by atoms with van der Waals surface area (Å²) in [6.45, 7) is 3.17. The zero-order valence-corrected chi connectivity index (χ0v) is 30.1. The Morgan fingerprint density at radius 1 is 1.00 bits per heavy atom. The van der Waals surface area contributed by atoms with E-state index in [4.69, 9.17) is 9.47 Å². The SMILES string of the molecule is COc1ccc2c(c1)c(C(=O)N1CCC(Cn3cc(-c4cc(N(C)c5ccnc(OC)n5)ccc4C)nn3)(C(F)(F)F)C1)c(C)n2Cc1ccccc1. The summed E-state index contributed by atoms with van der Waals surface area (Å²) in [4.78, 5) is 25.9. The molecule has 0 N–H and O–H groups in total. The number of amides is 1. The third kappa shape index (κ3) is 6.64. The predicted molar refractivity (Wildman–Crippen MR) is 195 cm³/mol. The number of hydrogen-bond donors (Lipinski definition) is 0. The Morgan fingerprint density at radius 2 is 1.79 bits per heavy atom. The number of aromatic nitrogens is 6. The highest BCUT2D eigenvalue weighted by Gasteiger charge is 2.59. The van der Waals surface area contributed by atoms with E-state index < -0.39 is 30.6 Å². The monoisotopic (exact) mass is 724 g/mol. The van der Waals surface area contributed by atoms with Crippen LogP contribution in [0.2, 0.25) is 0 Å². The van der Waals surface area contributed by atoms with E-state index in [9.17, 15) is 4.79 Å². The van der Waals surface area contributed by atoms with Gasteiger partial charge in [-0.15, -0.1) is 5.10 Å². The van der Waals surface area contributed by atoms with Gasteiger partial charge in [-0.25, -0.2) is 4.98 Å². The van der Waals surface area contributed by atoms with Crippen molar-refractivity contribution in [3.05, 3.63) is 108 Å². The fraction of sp³-hybridized carbons (Fsp3) is 0.308. The predicted octanol–water partition coefficient (Wildman–Crippen LogP) is 7.23. The molecule has 1 aliphatic heterocycles. The van der Waals surface area contributed by atoms with Crippen LogP contribution in [-0.2, 0) is 13.1 Å². The van der Waals surface area contributed by atoms with Gasteiger partial charge < -0.3 is 23.8 Å². The Kier molecular flexibility index (Phi) is 9.31. The van der Waals surface area contributed by atoms with Crippen molar-refractivity contribution in [2.45, 2.75) is 39.5 Å². The number of methoxy groups -OCH3 is 2. The number of likely N-dealkylation sites (tertiary alicyclic amines) is 1. The van der Waals surface area contributed by atoms with Crippen molar-refractivity contribution in [2.75, 3.05) is 39.3 Å². The number of carbonyl (C=O) groups excluding carboxylic acids is 1. The van der Waals surface area contributed by atoms with E-state index in [0.717, 1.165) is 22.3 Å². The Balaban J connectivity index is 1.16. The number of halogens is 3. The van der Waals surface area contributed by atoms with Gasteiger partial charge in [0.05, 0.1) is 32.5 Å². The fourth-order valence-corrected chi connectivity index (χ4v) is 7.13. The minimum absolute atomic E-state index is 0.0595. The first-order valence-corrected chi connectivity index (χ1v) is 17.1. The second-order valence-electron chi connectivity index (χ2n) is 13.4. The minimum atomic E-state index is -4.62. The van der Waals surface area contributed by atoms with Crippen molar-refractivity contribution < 1.29 is 27.4 Å². The van der Waals surface area contributed by atoms with Crippen LogP contribution >= 0.6 is 0 Å². The lowest BCUT2D eigenvalue weighted by Gasteiger charge is -2.31. The second-order valence-corrected chi connectivity index (χ2v) is 13.4. The van der Waals surface area contributed by atoms with Gasteiger partial charge in [0, 0.05) is 60.7 Å². The maximum absolute atomic E-state index is 15.1. The van der Waals surface area contributed by atoms with Crippen molar-refractivity contribution in [3.63, 3.8) is 0 Å². The second kappa shape index (κ2) is 13.9. The number of anilines is 2. The molecule has 1 unspecified atom stereocenters. The van der Waals surface area contributed by atoms with Crippen LogP contribution < -0.4 is 14.4 Å². The van der Waals surface area contributed by atoms with Crippen LogP contribution in [-0.4, -0.2) is 80.9 Å². The number of carbonyl (C=O) groups is 1. The van der Waals surface area contributed by atoms with Crippen LogP contribution in [0.3, 0.4) is 0 Å². The molecule has 4 heterocycles. The molecule has 0 spiro atoms. The molecule has 11 nitrogen and oxygen atoms in total. The number of alkyl halides is 3. The number of aryl methyl sites for hydroxylation is 1. The lowest BCUT2D eigenvalue weighted by atomic mass is 9.86. The van der Waals surface area contributed by atoms with E-state index in [2.05, 4.69) is 20.3 Å². The number of fused-ring (bicyclic) bond motifs is 1. The molecule has 0 aliphatic carbocycles. The van der Waals surface area contributed by atoms with Gasteiger partial charge in [0.15, 0.2) is 0 Å². The van der Waals surface area contributed by atoms with Gasteiger partial charge in [0.25, 0.3) is 5.91 Å². The van der Waals surface area contributed by atoms with E-state index in [1.807, 2.05) is 91.0 Å². The maximum atomic E-state index is 15.1. The summed E-state index contributed by atoms with van der Waals surface area (Å²) in [5, 5.41) is 9.08. The van der Waals surface area contributed by atoms with Crippen molar-refractivity contribution in [3.8, 4) is 23.0 Å². The first kappa shape index (κ1) is 35.5. The molecule has 1 aliphatic rings. The van der Waals surface area contributed by atoms with Gasteiger partial charge in [0.2, 0.25) is 0 Å². The molecule has 6 aromatic rings. The highest BCUT2D eigenvalue weighted by molar-refractivity contribution is 6.09. The van der Waals surface area contributed by atoms with Gasteiger partial charge in [-0.2, -0.15) is 18.2 Å².